The van der Waals surface area contributed by atoms with Gasteiger partial charge in [-0.1, -0.05) is 30.3 Å². The highest BCUT2D eigenvalue weighted by Gasteiger charge is 2.13. The van der Waals surface area contributed by atoms with Gasteiger partial charge in [0.15, 0.2) is 5.43 Å². The highest BCUT2D eigenvalue weighted by molar-refractivity contribution is 5.97. The maximum atomic E-state index is 13.5. The number of carbonyl (C=O) groups is 1. The lowest BCUT2D eigenvalue weighted by Gasteiger charge is -2.15. The number of aromatic nitrogens is 1. The molecule has 0 spiro atoms. The number of aryl methyl sites for hydroxylation is 1. The van der Waals surface area contributed by atoms with Crippen LogP contribution in [0.2, 0.25) is 0 Å². The smallest absolute Gasteiger partial charge is 0.244 e. The fraction of sp³-hybridized carbons (Fsp3) is 0.0909. The number of nitrogens with one attached hydrogen (secondary N) is 1. The monoisotopic (exact) mass is 360 g/mol. The summed E-state index contributed by atoms with van der Waals surface area (Å²) in [7, 11) is 0. The molecule has 0 bridgehead atoms. The van der Waals surface area contributed by atoms with Crippen molar-refractivity contribution in [3.8, 4) is 0 Å². The van der Waals surface area contributed by atoms with Gasteiger partial charge in [0.25, 0.3) is 0 Å². The second-order valence-electron chi connectivity index (χ2n) is 6.46. The number of hydrogen-bond donors (Lipinski definition) is 1. The van der Waals surface area contributed by atoms with E-state index in [1.54, 1.807) is 37.3 Å². The van der Waals surface area contributed by atoms with Crippen LogP contribution in [0.4, 0.5) is 10.1 Å². The Balaban J connectivity index is 1.81. The first-order valence-corrected chi connectivity index (χ1v) is 8.61. The fourth-order valence-electron chi connectivity index (χ4n) is 3.31. The van der Waals surface area contributed by atoms with Crippen molar-refractivity contribution >= 4 is 33.4 Å². The average molecular weight is 360 g/mol. The Morgan fingerprint density at radius 3 is 2.19 bits per heavy atom. The Bertz CT molecular complexity index is 1180. The highest BCUT2D eigenvalue weighted by atomic mass is 19.1. The molecule has 0 radical (unpaired) electrons. The van der Waals surface area contributed by atoms with E-state index in [0.717, 1.165) is 5.56 Å². The summed E-state index contributed by atoms with van der Waals surface area (Å²) in [6, 6.07) is 18.7. The summed E-state index contributed by atoms with van der Waals surface area (Å²) < 4.78 is 15.3. The lowest BCUT2D eigenvalue weighted by Crippen LogP contribution is -2.22. The van der Waals surface area contributed by atoms with Crippen molar-refractivity contribution in [3.05, 3.63) is 88.3 Å². The lowest BCUT2D eigenvalue weighted by molar-refractivity contribution is -0.116. The molecule has 0 unspecified atom stereocenters. The Morgan fingerprint density at radius 2 is 1.56 bits per heavy atom. The first kappa shape index (κ1) is 17.0. The SMILES string of the molecule is Cc1ccc(F)cc1NC(=O)Cn1c2ccccc2c(=O)c2ccccc21. The molecule has 134 valence electrons. The minimum Gasteiger partial charge on any atom is -0.331 e. The van der Waals surface area contributed by atoms with Crippen LogP contribution in [0.5, 0.6) is 0 Å². The zero-order valence-electron chi connectivity index (χ0n) is 14.7. The molecule has 1 amide bonds. The minimum absolute atomic E-state index is 0.0112. The third-order valence-corrected chi connectivity index (χ3v) is 4.65. The van der Waals surface area contributed by atoms with Crippen LogP contribution in [0.25, 0.3) is 21.8 Å². The largest absolute Gasteiger partial charge is 0.331 e. The molecule has 0 saturated heterocycles. The summed E-state index contributed by atoms with van der Waals surface area (Å²) >= 11 is 0. The standard InChI is InChI=1S/C22H17FN2O2/c1-14-10-11-15(23)12-18(14)24-21(26)13-25-19-8-4-2-6-16(19)22(27)17-7-3-5-9-20(17)25/h2-12H,13H2,1H3,(H,24,26). The number of benzene rings is 3. The number of hydrogen-bond acceptors (Lipinski definition) is 2. The maximum Gasteiger partial charge on any atom is 0.244 e. The number of nitrogens with zero attached hydrogens (tertiary/aromatic N) is 1. The van der Waals surface area contributed by atoms with E-state index in [9.17, 15) is 14.0 Å². The molecule has 0 aliphatic heterocycles. The molecule has 4 rings (SSSR count). The summed E-state index contributed by atoms with van der Waals surface area (Å²) in [6.07, 6.45) is 0. The predicted molar refractivity (Wildman–Crippen MR) is 105 cm³/mol. The molecule has 4 aromatic rings. The number of rotatable bonds is 3. The van der Waals surface area contributed by atoms with Gasteiger partial charge in [0.1, 0.15) is 12.4 Å². The normalized spacial score (nSPS) is 11.0. The van der Waals surface area contributed by atoms with Gasteiger partial charge in [0.2, 0.25) is 5.91 Å². The van der Waals surface area contributed by atoms with Gasteiger partial charge in [-0.3, -0.25) is 9.59 Å². The van der Waals surface area contributed by atoms with Crippen LogP contribution in [0.1, 0.15) is 5.56 Å². The molecular weight excluding hydrogens is 343 g/mol. The summed E-state index contributed by atoms with van der Waals surface area (Å²) in [5, 5.41) is 3.89. The van der Waals surface area contributed by atoms with E-state index in [-0.39, 0.29) is 17.9 Å². The molecule has 0 atom stereocenters. The molecule has 0 saturated carbocycles. The number of anilines is 1. The van der Waals surface area contributed by atoms with Gasteiger partial charge < -0.3 is 9.88 Å². The van der Waals surface area contributed by atoms with Crippen LogP contribution < -0.4 is 10.7 Å². The van der Waals surface area contributed by atoms with Crippen LogP contribution in [0, 0.1) is 12.7 Å². The van der Waals surface area contributed by atoms with E-state index in [2.05, 4.69) is 5.32 Å². The molecule has 5 heteroatoms. The second kappa shape index (κ2) is 6.68. The van der Waals surface area contributed by atoms with Gasteiger partial charge in [-0.2, -0.15) is 0 Å². The molecule has 0 aliphatic rings. The van der Waals surface area contributed by atoms with Gasteiger partial charge in [0.05, 0.1) is 11.0 Å². The third kappa shape index (κ3) is 3.08. The van der Waals surface area contributed by atoms with E-state index in [1.807, 2.05) is 28.8 Å². The van der Waals surface area contributed by atoms with Crippen molar-refractivity contribution in [2.45, 2.75) is 13.5 Å². The first-order chi connectivity index (χ1) is 13.0. The van der Waals surface area contributed by atoms with Crippen LogP contribution in [-0.2, 0) is 11.3 Å². The summed E-state index contributed by atoms with van der Waals surface area (Å²) in [4.78, 5) is 25.4. The van der Waals surface area contributed by atoms with Crippen LogP contribution in [0.3, 0.4) is 0 Å². The Labute approximate surface area is 154 Å². The fourth-order valence-corrected chi connectivity index (χ4v) is 3.31. The zero-order chi connectivity index (χ0) is 19.0. The molecular formula is C22H17FN2O2. The Kier molecular flexibility index (Phi) is 4.20. The van der Waals surface area contributed by atoms with Gasteiger partial charge in [0, 0.05) is 16.5 Å². The molecule has 0 fully saturated rings. The van der Waals surface area contributed by atoms with Crippen molar-refractivity contribution in [1.82, 2.24) is 4.57 Å². The van der Waals surface area contributed by atoms with Gasteiger partial charge in [-0.15, -0.1) is 0 Å². The van der Waals surface area contributed by atoms with Crippen LogP contribution in [-0.4, -0.2) is 10.5 Å². The summed E-state index contributed by atoms with van der Waals surface area (Å²) in [5.41, 5.74) is 2.53. The molecule has 27 heavy (non-hydrogen) atoms. The number of amides is 1. The lowest BCUT2D eigenvalue weighted by atomic mass is 10.1. The molecule has 1 aromatic heterocycles. The first-order valence-electron chi connectivity index (χ1n) is 8.61. The number of halogens is 1. The van der Waals surface area contributed by atoms with Crippen molar-refractivity contribution in [3.63, 3.8) is 0 Å². The van der Waals surface area contributed by atoms with E-state index < -0.39 is 5.82 Å². The van der Waals surface area contributed by atoms with E-state index >= 15 is 0 Å². The topological polar surface area (TPSA) is 51.1 Å². The molecule has 0 aliphatic carbocycles. The van der Waals surface area contributed by atoms with Gasteiger partial charge in [-0.05, 0) is 48.9 Å². The van der Waals surface area contributed by atoms with Crippen LogP contribution in [0.15, 0.2) is 71.5 Å². The number of pyridine rings is 1. The average Bonchev–Trinajstić information content (AvgIpc) is 2.68. The maximum absolute atomic E-state index is 13.5. The van der Waals surface area contributed by atoms with E-state index in [0.29, 0.717) is 27.5 Å². The van der Waals surface area contributed by atoms with Gasteiger partial charge >= 0.3 is 0 Å². The number of para-hydroxylation sites is 2. The van der Waals surface area contributed by atoms with Crippen LogP contribution >= 0.6 is 0 Å². The minimum atomic E-state index is -0.407. The van der Waals surface area contributed by atoms with Crippen molar-refractivity contribution in [2.75, 3.05) is 5.32 Å². The Morgan fingerprint density at radius 1 is 0.963 bits per heavy atom. The van der Waals surface area contributed by atoms with Crippen molar-refractivity contribution in [2.24, 2.45) is 0 Å². The zero-order valence-corrected chi connectivity index (χ0v) is 14.7. The predicted octanol–water partition coefficient (Wildman–Crippen LogP) is 4.24. The molecule has 1 N–H and O–H groups in total. The quantitative estimate of drug-likeness (QED) is 0.556. The summed E-state index contributed by atoms with van der Waals surface area (Å²) in [6.45, 7) is 1.82. The third-order valence-electron chi connectivity index (χ3n) is 4.65. The van der Waals surface area contributed by atoms with Gasteiger partial charge in [-0.25, -0.2) is 4.39 Å². The Hall–Kier alpha value is -3.47. The molecule has 3 aromatic carbocycles. The molecule has 4 nitrogen and oxygen atoms in total. The number of fused-ring (bicyclic) bond motifs is 2. The second-order valence-corrected chi connectivity index (χ2v) is 6.46. The van der Waals surface area contributed by atoms with E-state index in [4.69, 9.17) is 0 Å². The van der Waals surface area contributed by atoms with Crippen molar-refractivity contribution < 1.29 is 9.18 Å². The van der Waals surface area contributed by atoms with Crippen molar-refractivity contribution in [1.29, 1.82) is 0 Å². The van der Waals surface area contributed by atoms with E-state index in [1.165, 1.54) is 12.1 Å². The number of carbonyl (C=O) groups excluding carboxylic acids is 1. The highest BCUT2D eigenvalue weighted by Crippen LogP contribution is 2.20. The molecule has 1 heterocycles. The summed E-state index contributed by atoms with van der Waals surface area (Å²) in [5.74, 6) is -0.696.